The van der Waals surface area contributed by atoms with Gasteiger partial charge in [-0.15, -0.1) is 0 Å². The molecule has 126 valence electrons. The Labute approximate surface area is 149 Å². The van der Waals surface area contributed by atoms with Crippen LogP contribution in [-0.2, 0) is 0 Å². The Bertz CT molecular complexity index is 391. The van der Waals surface area contributed by atoms with Gasteiger partial charge in [-0.2, -0.15) is 0 Å². The quantitative estimate of drug-likeness (QED) is 0.420. The molecular formula is C18H32P2S2. The van der Waals surface area contributed by atoms with Crippen molar-refractivity contribution in [3.8, 4) is 0 Å². The lowest BCUT2D eigenvalue weighted by Gasteiger charge is -2.26. The van der Waals surface area contributed by atoms with Crippen molar-refractivity contribution in [2.24, 2.45) is 0 Å². The van der Waals surface area contributed by atoms with E-state index < -0.39 is 0 Å². The molecule has 0 unspecified atom stereocenters. The third-order valence-electron chi connectivity index (χ3n) is 3.26. The second kappa shape index (κ2) is 9.93. The molecule has 0 N–H and O–H groups in total. The van der Waals surface area contributed by atoms with Gasteiger partial charge in [-0.1, -0.05) is 84.2 Å². The van der Waals surface area contributed by atoms with E-state index >= 15 is 0 Å². The van der Waals surface area contributed by atoms with Crippen molar-refractivity contribution >= 4 is 37.0 Å². The number of rotatable bonds is 8. The normalized spacial score (nSPS) is 12.6. The van der Waals surface area contributed by atoms with E-state index in [1.54, 1.807) is 0 Å². The molecule has 0 aliphatic heterocycles. The van der Waals surface area contributed by atoms with Gasteiger partial charge in [0.2, 0.25) is 0 Å². The minimum atomic E-state index is 0.000145. The molecule has 1 aromatic carbocycles. The topological polar surface area (TPSA) is 0 Å². The summed E-state index contributed by atoms with van der Waals surface area (Å²) in [6.45, 7) is 19.0. The molecule has 0 atom stereocenters. The lowest BCUT2D eigenvalue weighted by atomic mass is 10.4. The molecule has 0 aromatic heterocycles. The number of hydrogen-bond acceptors (Lipinski definition) is 2. The second-order valence-corrected chi connectivity index (χ2v) is 17.3. The highest BCUT2D eigenvalue weighted by atomic mass is 32.7. The van der Waals surface area contributed by atoms with Gasteiger partial charge in [-0.3, -0.25) is 0 Å². The summed E-state index contributed by atoms with van der Waals surface area (Å²) in [5.74, 6) is 0. The van der Waals surface area contributed by atoms with Crippen molar-refractivity contribution in [3.63, 3.8) is 0 Å². The van der Waals surface area contributed by atoms with Crippen molar-refractivity contribution in [1.82, 2.24) is 0 Å². The lowest BCUT2D eigenvalue weighted by molar-refractivity contribution is 1.03. The van der Waals surface area contributed by atoms with E-state index in [1.807, 2.05) is 0 Å². The van der Waals surface area contributed by atoms with Crippen LogP contribution in [0.25, 0.3) is 0 Å². The van der Waals surface area contributed by atoms with E-state index in [4.69, 9.17) is 0 Å². The standard InChI is InChI=1S/C18H32P2S2/c1-13(2)19(14(3)4)21-17-10-9-11-18(12-17)22-20(15(5)6)16(7)8/h9-16H,1-8H3. The highest BCUT2D eigenvalue weighted by molar-refractivity contribution is 8.56. The molecule has 22 heavy (non-hydrogen) atoms. The molecule has 0 saturated carbocycles. The largest absolute Gasteiger partial charge is 0.0981 e. The molecule has 0 saturated heterocycles. The Morgan fingerprint density at radius 2 is 0.955 bits per heavy atom. The SMILES string of the molecule is CC(C)P(Sc1cccc(SP(C(C)C)C(C)C)c1)C(C)C. The molecule has 0 bridgehead atoms. The monoisotopic (exact) mass is 374 g/mol. The van der Waals surface area contributed by atoms with Crippen LogP contribution in [0.15, 0.2) is 34.1 Å². The number of benzene rings is 1. The summed E-state index contributed by atoms with van der Waals surface area (Å²) < 4.78 is 0. The summed E-state index contributed by atoms with van der Waals surface area (Å²) in [5, 5.41) is 0. The lowest BCUT2D eigenvalue weighted by Crippen LogP contribution is -2.00. The summed E-state index contributed by atoms with van der Waals surface area (Å²) in [6, 6.07) is 9.26. The molecule has 0 spiro atoms. The highest BCUT2D eigenvalue weighted by Gasteiger charge is 2.20. The van der Waals surface area contributed by atoms with Crippen LogP contribution in [0.2, 0.25) is 0 Å². The average molecular weight is 375 g/mol. The van der Waals surface area contributed by atoms with Crippen LogP contribution in [0, 0.1) is 0 Å². The maximum absolute atomic E-state index is 2.43. The molecule has 1 rings (SSSR count). The Morgan fingerprint density at radius 1 is 0.636 bits per heavy atom. The zero-order valence-corrected chi connectivity index (χ0v) is 18.8. The summed E-state index contributed by atoms with van der Waals surface area (Å²) >= 11 is 4.24. The summed E-state index contributed by atoms with van der Waals surface area (Å²) in [5.41, 5.74) is 3.11. The van der Waals surface area contributed by atoms with Crippen LogP contribution in [-0.4, -0.2) is 22.6 Å². The number of hydrogen-bond donors (Lipinski definition) is 0. The molecule has 4 heteroatoms. The van der Waals surface area contributed by atoms with Gasteiger partial charge in [-0.05, 0) is 55.1 Å². The van der Waals surface area contributed by atoms with Crippen molar-refractivity contribution in [3.05, 3.63) is 24.3 Å². The van der Waals surface area contributed by atoms with Gasteiger partial charge in [0.25, 0.3) is 0 Å². The fraction of sp³-hybridized carbons (Fsp3) is 0.667. The average Bonchev–Trinajstić information content (AvgIpc) is 2.41. The smallest absolute Gasteiger partial charge is 0.0127 e. The molecule has 1 aromatic rings. The van der Waals surface area contributed by atoms with E-state index in [9.17, 15) is 0 Å². The van der Waals surface area contributed by atoms with Gasteiger partial charge in [-0.25, -0.2) is 0 Å². The summed E-state index contributed by atoms with van der Waals surface area (Å²) in [7, 11) is 0.000289. The molecular weight excluding hydrogens is 342 g/mol. The first-order chi connectivity index (χ1) is 10.2. The maximum atomic E-state index is 2.43. The highest BCUT2D eigenvalue weighted by Crippen LogP contribution is 2.63. The third kappa shape index (κ3) is 6.72. The Hall–Kier alpha value is 0.780. The van der Waals surface area contributed by atoms with E-state index in [0.717, 1.165) is 22.6 Å². The zero-order valence-electron chi connectivity index (χ0n) is 15.3. The van der Waals surface area contributed by atoms with Gasteiger partial charge in [0.05, 0.1) is 0 Å². The minimum absolute atomic E-state index is 0.000145. The van der Waals surface area contributed by atoms with Crippen molar-refractivity contribution in [1.29, 1.82) is 0 Å². The Morgan fingerprint density at radius 3 is 1.23 bits per heavy atom. The third-order valence-corrected chi connectivity index (χ3v) is 16.3. The fourth-order valence-corrected chi connectivity index (χ4v) is 11.5. The maximum Gasteiger partial charge on any atom is 0.0127 e. The van der Waals surface area contributed by atoms with Gasteiger partial charge in [0, 0.05) is 9.79 Å². The van der Waals surface area contributed by atoms with Crippen LogP contribution in [0.3, 0.4) is 0 Å². The van der Waals surface area contributed by atoms with E-state index in [1.165, 1.54) is 9.79 Å². The molecule has 0 amide bonds. The fourth-order valence-electron chi connectivity index (χ4n) is 2.45. The first-order valence-electron chi connectivity index (χ1n) is 8.25. The zero-order chi connectivity index (χ0) is 16.9. The summed E-state index contributed by atoms with van der Waals surface area (Å²) in [4.78, 5) is 2.92. The van der Waals surface area contributed by atoms with Gasteiger partial charge < -0.3 is 0 Å². The van der Waals surface area contributed by atoms with Gasteiger partial charge in [0.15, 0.2) is 0 Å². The van der Waals surface area contributed by atoms with Crippen molar-refractivity contribution in [2.45, 2.75) is 87.8 Å². The molecule has 0 nitrogen and oxygen atoms in total. The predicted octanol–water partition coefficient (Wildman–Crippen LogP) is 8.30. The van der Waals surface area contributed by atoms with Crippen LogP contribution in [0.1, 0.15) is 55.4 Å². The van der Waals surface area contributed by atoms with Crippen molar-refractivity contribution in [2.75, 3.05) is 0 Å². The van der Waals surface area contributed by atoms with Crippen LogP contribution in [0.4, 0.5) is 0 Å². The van der Waals surface area contributed by atoms with Crippen LogP contribution >= 0.6 is 37.0 Å². The van der Waals surface area contributed by atoms with Crippen LogP contribution in [0.5, 0.6) is 0 Å². The summed E-state index contributed by atoms with van der Waals surface area (Å²) in [6.07, 6.45) is 0. The molecule has 0 aliphatic carbocycles. The van der Waals surface area contributed by atoms with Gasteiger partial charge >= 0.3 is 0 Å². The van der Waals surface area contributed by atoms with E-state index in [0.29, 0.717) is 0 Å². The van der Waals surface area contributed by atoms with E-state index in [2.05, 4.69) is 102 Å². The first kappa shape index (κ1) is 20.8. The van der Waals surface area contributed by atoms with Crippen molar-refractivity contribution < 1.29 is 0 Å². The predicted molar refractivity (Wildman–Crippen MR) is 113 cm³/mol. The Balaban J connectivity index is 2.85. The minimum Gasteiger partial charge on any atom is -0.0981 e. The van der Waals surface area contributed by atoms with Crippen LogP contribution < -0.4 is 0 Å². The Kier molecular flexibility index (Phi) is 9.40. The van der Waals surface area contributed by atoms with E-state index in [-0.39, 0.29) is 14.2 Å². The molecule has 0 heterocycles. The van der Waals surface area contributed by atoms with Gasteiger partial charge in [0.1, 0.15) is 0 Å². The molecule has 0 fully saturated rings. The first-order valence-corrected chi connectivity index (χ1v) is 14.0. The molecule has 0 radical (unpaired) electrons. The molecule has 0 aliphatic rings. The second-order valence-electron chi connectivity index (χ2n) is 6.75.